The topological polar surface area (TPSA) is 82.2 Å². The van der Waals surface area contributed by atoms with Crippen molar-refractivity contribution in [1.29, 1.82) is 5.26 Å². The molecule has 1 aliphatic rings. The highest BCUT2D eigenvalue weighted by Crippen LogP contribution is 2.41. The number of piperidine rings is 1. The lowest BCUT2D eigenvalue weighted by molar-refractivity contribution is -0.129. The Morgan fingerprint density at radius 2 is 1.88 bits per heavy atom. The third-order valence-corrected chi connectivity index (χ3v) is 7.95. The Balaban J connectivity index is 1.56. The number of hydrogen-bond acceptors (Lipinski definition) is 5. The molecule has 1 unspecified atom stereocenters. The fourth-order valence-corrected chi connectivity index (χ4v) is 5.99. The summed E-state index contributed by atoms with van der Waals surface area (Å²) in [5, 5.41) is 14.2. The van der Waals surface area contributed by atoms with Crippen LogP contribution >= 0.6 is 11.3 Å². The molecule has 4 rings (SSSR count). The standard InChI is InChI=1S/C27H30N4OS/c1-27(29,24-16-22(18-33-24)21-8-6-7-19(15-21)17-28)25(26(32)30-2)20-11-13-31(14-12-20)23-9-4-3-5-10-23/h3-10,15-16,18,20,25H,11-14,29H2,1-2H3,(H,30,32)/t25?,27-/m1/s1. The van der Waals surface area contributed by atoms with E-state index in [4.69, 9.17) is 5.73 Å². The van der Waals surface area contributed by atoms with E-state index in [-0.39, 0.29) is 17.7 Å². The summed E-state index contributed by atoms with van der Waals surface area (Å²) in [4.78, 5) is 16.5. The quantitative estimate of drug-likeness (QED) is 0.559. The van der Waals surface area contributed by atoms with Gasteiger partial charge in [0, 0.05) is 30.7 Å². The molecule has 1 aromatic heterocycles. The van der Waals surface area contributed by atoms with Crippen molar-refractivity contribution < 1.29 is 4.79 Å². The summed E-state index contributed by atoms with van der Waals surface area (Å²) in [5.74, 6) is -0.121. The number of carbonyl (C=O) groups is 1. The molecule has 6 heteroatoms. The van der Waals surface area contributed by atoms with Gasteiger partial charge < -0.3 is 16.0 Å². The van der Waals surface area contributed by atoms with Gasteiger partial charge in [-0.15, -0.1) is 11.3 Å². The highest BCUT2D eigenvalue weighted by atomic mass is 32.1. The van der Waals surface area contributed by atoms with Crippen LogP contribution in [0, 0.1) is 23.2 Å². The van der Waals surface area contributed by atoms with Crippen LogP contribution in [-0.4, -0.2) is 26.0 Å². The van der Waals surface area contributed by atoms with Crippen molar-refractivity contribution in [1.82, 2.24) is 5.32 Å². The number of carbonyl (C=O) groups excluding carboxylic acids is 1. The monoisotopic (exact) mass is 458 g/mol. The Morgan fingerprint density at radius 3 is 2.55 bits per heavy atom. The molecule has 0 saturated carbocycles. The highest BCUT2D eigenvalue weighted by Gasteiger charge is 2.44. The van der Waals surface area contributed by atoms with Crippen molar-refractivity contribution in [2.45, 2.75) is 25.3 Å². The van der Waals surface area contributed by atoms with Crippen molar-refractivity contribution in [2.75, 3.05) is 25.0 Å². The molecule has 0 bridgehead atoms. The molecule has 3 N–H and O–H groups in total. The molecule has 1 amide bonds. The number of nitrogens with zero attached hydrogens (tertiary/aromatic N) is 2. The van der Waals surface area contributed by atoms with Gasteiger partial charge in [0.15, 0.2) is 0 Å². The van der Waals surface area contributed by atoms with Crippen LogP contribution < -0.4 is 16.0 Å². The minimum atomic E-state index is -0.796. The van der Waals surface area contributed by atoms with Gasteiger partial charge in [-0.2, -0.15) is 5.26 Å². The van der Waals surface area contributed by atoms with Crippen LogP contribution in [0.15, 0.2) is 66.0 Å². The molecule has 2 atom stereocenters. The number of thiophene rings is 1. The van der Waals surface area contributed by atoms with Crippen molar-refractivity contribution in [3.63, 3.8) is 0 Å². The van der Waals surface area contributed by atoms with E-state index in [2.05, 4.69) is 52.0 Å². The Kier molecular flexibility index (Phi) is 6.83. The van der Waals surface area contributed by atoms with E-state index < -0.39 is 5.54 Å². The summed E-state index contributed by atoms with van der Waals surface area (Å²) in [6.45, 7) is 3.81. The van der Waals surface area contributed by atoms with Crippen molar-refractivity contribution >= 4 is 22.9 Å². The summed E-state index contributed by atoms with van der Waals surface area (Å²) in [7, 11) is 1.69. The molecule has 3 aromatic rings. The first-order chi connectivity index (χ1) is 15.9. The lowest BCUT2D eigenvalue weighted by Crippen LogP contribution is -2.53. The zero-order valence-corrected chi connectivity index (χ0v) is 19.9. The van der Waals surface area contributed by atoms with Gasteiger partial charge in [-0.25, -0.2) is 0 Å². The molecule has 2 heterocycles. The summed E-state index contributed by atoms with van der Waals surface area (Å²) in [5.41, 5.74) is 10.0. The van der Waals surface area contributed by atoms with Gasteiger partial charge in [0.25, 0.3) is 0 Å². The number of hydrogen-bond donors (Lipinski definition) is 2. The van der Waals surface area contributed by atoms with E-state index >= 15 is 0 Å². The first kappa shape index (κ1) is 23.0. The molecule has 2 aromatic carbocycles. The maximum atomic E-state index is 13.1. The molecular formula is C27H30N4OS. The van der Waals surface area contributed by atoms with Gasteiger partial charge in [0.05, 0.1) is 23.1 Å². The summed E-state index contributed by atoms with van der Waals surface area (Å²) in [6, 6.07) is 22.3. The van der Waals surface area contributed by atoms with E-state index in [0.29, 0.717) is 5.56 Å². The van der Waals surface area contributed by atoms with Gasteiger partial charge in [-0.1, -0.05) is 30.3 Å². The zero-order chi connectivity index (χ0) is 23.4. The molecule has 1 aliphatic heterocycles. The van der Waals surface area contributed by atoms with Crippen LogP contribution in [0.2, 0.25) is 0 Å². The second-order valence-corrected chi connectivity index (χ2v) is 9.84. The predicted molar refractivity (Wildman–Crippen MR) is 135 cm³/mol. The van der Waals surface area contributed by atoms with Crippen LogP contribution in [0.1, 0.15) is 30.2 Å². The van der Waals surface area contributed by atoms with Crippen molar-refractivity contribution in [2.24, 2.45) is 17.6 Å². The van der Waals surface area contributed by atoms with E-state index in [1.165, 1.54) is 5.69 Å². The molecule has 170 valence electrons. The van der Waals surface area contributed by atoms with Gasteiger partial charge in [-0.3, -0.25) is 4.79 Å². The van der Waals surface area contributed by atoms with Crippen LogP contribution in [0.4, 0.5) is 5.69 Å². The zero-order valence-electron chi connectivity index (χ0n) is 19.1. The number of nitrogens with one attached hydrogen (secondary N) is 1. The number of rotatable bonds is 6. The number of anilines is 1. The lowest BCUT2D eigenvalue weighted by Gasteiger charge is -2.42. The minimum Gasteiger partial charge on any atom is -0.372 e. The second-order valence-electron chi connectivity index (χ2n) is 8.93. The third-order valence-electron chi connectivity index (χ3n) is 6.76. The first-order valence-electron chi connectivity index (χ1n) is 11.3. The number of nitriles is 1. The third kappa shape index (κ3) is 4.80. The minimum absolute atomic E-state index is 0.000381. The lowest BCUT2D eigenvalue weighted by atomic mass is 9.72. The summed E-state index contributed by atoms with van der Waals surface area (Å²) < 4.78 is 0. The molecule has 1 saturated heterocycles. The molecule has 33 heavy (non-hydrogen) atoms. The van der Waals surface area contributed by atoms with Crippen molar-refractivity contribution in [3.05, 3.63) is 76.5 Å². The maximum absolute atomic E-state index is 13.1. The highest BCUT2D eigenvalue weighted by molar-refractivity contribution is 7.10. The smallest absolute Gasteiger partial charge is 0.225 e. The Labute approximate surface area is 199 Å². The van der Waals surface area contributed by atoms with Crippen LogP contribution in [0.5, 0.6) is 0 Å². The second kappa shape index (κ2) is 9.78. The van der Waals surface area contributed by atoms with Crippen LogP contribution in [-0.2, 0) is 10.3 Å². The SMILES string of the molecule is CNC(=O)C(C1CCN(c2ccccc2)CC1)[C@](C)(N)c1cc(-c2cccc(C#N)c2)cs1. The molecule has 0 aliphatic carbocycles. The van der Waals surface area contributed by atoms with E-state index in [1.807, 2.05) is 31.2 Å². The Bertz CT molecular complexity index is 1140. The number of nitrogens with two attached hydrogens (primary N) is 1. The largest absolute Gasteiger partial charge is 0.372 e. The molecule has 1 fully saturated rings. The van der Waals surface area contributed by atoms with E-state index in [9.17, 15) is 10.1 Å². The van der Waals surface area contributed by atoms with Crippen molar-refractivity contribution in [3.8, 4) is 17.2 Å². The average Bonchev–Trinajstić information content (AvgIpc) is 3.36. The van der Waals surface area contributed by atoms with Gasteiger partial charge in [0.2, 0.25) is 5.91 Å². The number of benzene rings is 2. The van der Waals surface area contributed by atoms with E-state index in [1.54, 1.807) is 24.5 Å². The van der Waals surface area contributed by atoms with Gasteiger partial charge in [-0.05, 0) is 72.5 Å². The number of amides is 1. The van der Waals surface area contributed by atoms with Crippen LogP contribution in [0.3, 0.4) is 0 Å². The summed E-state index contributed by atoms with van der Waals surface area (Å²) >= 11 is 1.58. The van der Waals surface area contributed by atoms with Crippen LogP contribution in [0.25, 0.3) is 11.1 Å². The molecule has 0 radical (unpaired) electrons. The van der Waals surface area contributed by atoms with E-state index in [0.717, 1.165) is 41.9 Å². The van der Waals surface area contributed by atoms with Gasteiger partial charge in [0.1, 0.15) is 0 Å². The molecular weight excluding hydrogens is 428 g/mol. The Hall–Kier alpha value is -3.14. The molecule has 5 nitrogen and oxygen atoms in total. The average molecular weight is 459 g/mol. The molecule has 0 spiro atoms. The maximum Gasteiger partial charge on any atom is 0.225 e. The normalized spacial score (nSPS) is 17.1. The first-order valence-corrected chi connectivity index (χ1v) is 12.2. The summed E-state index contributed by atoms with van der Waals surface area (Å²) in [6.07, 6.45) is 1.84. The Morgan fingerprint density at radius 1 is 1.15 bits per heavy atom. The fourth-order valence-electron chi connectivity index (χ4n) is 4.95. The predicted octanol–water partition coefficient (Wildman–Crippen LogP) is 4.74. The van der Waals surface area contributed by atoms with Gasteiger partial charge >= 0.3 is 0 Å². The number of para-hydroxylation sites is 1. The fraction of sp³-hybridized carbons (Fsp3) is 0.333.